The summed E-state index contributed by atoms with van der Waals surface area (Å²) in [5, 5.41) is 5.33. The van der Waals surface area contributed by atoms with E-state index in [0.29, 0.717) is 36.2 Å². The summed E-state index contributed by atoms with van der Waals surface area (Å²) in [5.41, 5.74) is 2.45. The molecule has 0 radical (unpaired) electrons. The smallest absolute Gasteiger partial charge is 0.227 e. The van der Waals surface area contributed by atoms with Crippen molar-refractivity contribution in [3.05, 3.63) is 64.8 Å². The Kier molecular flexibility index (Phi) is 7.58. The summed E-state index contributed by atoms with van der Waals surface area (Å²) in [6.45, 7) is 6.97. The normalized spacial score (nSPS) is 10.7. The number of halogens is 1. The lowest BCUT2D eigenvalue weighted by atomic mass is 10.2. The highest BCUT2D eigenvalue weighted by Crippen LogP contribution is 2.33. The zero-order chi connectivity index (χ0) is 22.4. The molecule has 0 bridgehead atoms. The first-order chi connectivity index (χ1) is 15.0. The van der Waals surface area contributed by atoms with Gasteiger partial charge < -0.3 is 14.4 Å². The van der Waals surface area contributed by atoms with Gasteiger partial charge in [0.05, 0.1) is 30.6 Å². The number of methoxy groups -OCH3 is 1. The molecule has 6 nitrogen and oxygen atoms in total. The van der Waals surface area contributed by atoms with Crippen LogP contribution in [-0.2, 0) is 11.3 Å². The van der Waals surface area contributed by atoms with E-state index in [9.17, 15) is 4.79 Å². The third-order valence-corrected chi connectivity index (χ3v) is 5.20. The second-order valence-corrected chi connectivity index (χ2v) is 7.64. The Morgan fingerprint density at radius 3 is 2.45 bits per heavy atom. The van der Waals surface area contributed by atoms with Crippen molar-refractivity contribution < 1.29 is 14.3 Å². The zero-order valence-corrected chi connectivity index (χ0v) is 19.1. The van der Waals surface area contributed by atoms with Crippen LogP contribution in [0.25, 0.3) is 5.69 Å². The molecular weight excluding hydrogens is 414 g/mol. The van der Waals surface area contributed by atoms with Gasteiger partial charge in [0.15, 0.2) is 0 Å². The number of ether oxygens (including phenoxy) is 2. The summed E-state index contributed by atoms with van der Waals surface area (Å²) in [6, 6.07) is 14.8. The SMILES string of the molecule is CCCN(Cc1c(C)nn(-c2cccc(Cl)c2)c1Oc1ccc(OC)cc1)C(=O)CC. The largest absolute Gasteiger partial charge is 0.497 e. The van der Waals surface area contributed by atoms with Crippen molar-refractivity contribution in [1.82, 2.24) is 14.7 Å². The topological polar surface area (TPSA) is 56.6 Å². The second kappa shape index (κ2) is 10.4. The van der Waals surface area contributed by atoms with Crippen LogP contribution in [0.4, 0.5) is 0 Å². The van der Waals surface area contributed by atoms with Crippen molar-refractivity contribution in [3.8, 4) is 23.1 Å². The number of aromatic nitrogens is 2. The van der Waals surface area contributed by atoms with Gasteiger partial charge in [-0.05, 0) is 55.8 Å². The number of rotatable bonds is 9. The van der Waals surface area contributed by atoms with Crippen molar-refractivity contribution >= 4 is 17.5 Å². The van der Waals surface area contributed by atoms with Gasteiger partial charge in [0.2, 0.25) is 11.8 Å². The first-order valence-corrected chi connectivity index (χ1v) is 10.8. The summed E-state index contributed by atoms with van der Waals surface area (Å²) in [4.78, 5) is 14.4. The molecule has 0 aliphatic carbocycles. The van der Waals surface area contributed by atoms with Crippen molar-refractivity contribution in [1.29, 1.82) is 0 Å². The molecule has 1 amide bonds. The number of carbonyl (C=O) groups is 1. The molecule has 7 heteroatoms. The third kappa shape index (κ3) is 5.39. The molecular formula is C24H28ClN3O3. The maximum absolute atomic E-state index is 12.5. The number of carbonyl (C=O) groups excluding carboxylic acids is 1. The molecule has 0 unspecified atom stereocenters. The van der Waals surface area contributed by atoms with Crippen molar-refractivity contribution in [2.45, 2.75) is 40.2 Å². The summed E-state index contributed by atoms with van der Waals surface area (Å²) < 4.78 is 13.3. The number of hydrogen-bond acceptors (Lipinski definition) is 4. The van der Waals surface area contributed by atoms with Crippen molar-refractivity contribution in [3.63, 3.8) is 0 Å². The van der Waals surface area contributed by atoms with E-state index in [1.54, 1.807) is 11.8 Å². The number of aryl methyl sites for hydroxylation is 1. The number of amides is 1. The van der Waals surface area contributed by atoms with Gasteiger partial charge in [-0.1, -0.05) is 31.5 Å². The van der Waals surface area contributed by atoms with Gasteiger partial charge in [0.25, 0.3) is 0 Å². The summed E-state index contributed by atoms with van der Waals surface area (Å²) >= 11 is 6.22. The first-order valence-electron chi connectivity index (χ1n) is 10.4. The van der Waals surface area contributed by atoms with Gasteiger partial charge in [0, 0.05) is 18.0 Å². The zero-order valence-electron chi connectivity index (χ0n) is 18.4. The van der Waals surface area contributed by atoms with Gasteiger partial charge >= 0.3 is 0 Å². The minimum absolute atomic E-state index is 0.104. The Hall–Kier alpha value is -2.99. The van der Waals surface area contributed by atoms with E-state index >= 15 is 0 Å². The first kappa shape index (κ1) is 22.7. The minimum atomic E-state index is 0.104. The number of hydrogen-bond donors (Lipinski definition) is 0. The molecule has 0 aliphatic heterocycles. The number of benzene rings is 2. The minimum Gasteiger partial charge on any atom is -0.497 e. The average molecular weight is 442 g/mol. The lowest BCUT2D eigenvalue weighted by molar-refractivity contribution is -0.131. The molecule has 0 atom stereocenters. The van der Waals surface area contributed by atoms with Crippen LogP contribution in [0.2, 0.25) is 5.02 Å². The van der Waals surface area contributed by atoms with Crippen LogP contribution in [0.3, 0.4) is 0 Å². The molecule has 1 heterocycles. The van der Waals surface area contributed by atoms with E-state index in [-0.39, 0.29) is 5.91 Å². The summed E-state index contributed by atoms with van der Waals surface area (Å²) in [7, 11) is 1.62. The number of nitrogens with zero attached hydrogens (tertiary/aromatic N) is 3. The van der Waals surface area contributed by atoms with Crippen LogP contribution < -0.4 is 9.47 Å². The van der Waals surface area contributed by atoms with E-state index in [1.807, 2.05) is 67.3 Å². The molecule has 2 aromatic carbocycles. The molecule has 31 heavy (non-hydrogen) atoms. The van der Waals surface area contributed by atoms with Gasteiger partial charge in [-0.2, -0.15) is 5.10 Å². The maximum Gasteiger partial charge on any atom is 0.227 e. The molecule has 0 saturated heterocycles. The van der Waals surface area contributed by atoms with E-state index in [2.05, 4.69) is 6.92 Å². The van der Waals surface area contributed by atoms with Crippen LogP contribution in [-0.4, -0.2) is 34.2 Å². The highest BCUT2D eigenvalue weighted by atomic mass is 35.5. The lowest BCUT2D eigenvalue weighted by Crippen LogP contribution is -2.30. The van der Waals surface area contributed by atoms with Crippen LogP contribution in [0.15, 0.2) is 48.5 Å². The fourth-order valence-corrected chi connectivity index (χ4v) is 3.52. The molecule has 0 saturated carbocycles. The molecule has 3 aromatic rings. The highest BCUT2D eigenvalue weighted by Gasteiger charge is 2.23. The van der Waals surface area contributed by atoms with Gasteiger partial charge in [-0.3, -0.25) is 4.79 Å². The molecule has 0 spiro atoms. The van der Waals surface area contributed by atoms with Crippen molar-refractivity contribution in [2.24, 2.45) is 0 Å². The van der Waals surface area contributed by atoms with E-state index in [4.69, 9.17) is 26.2 Å². The van der Waals surface area contributed by atoms with Gasteiger partial charge in [-0.15, -0.1) is 0 Å². The molecule has 0 aliphatic rings. The highest BCUT2D eigenvalue weighted by molar-refractivity contribution is 6.30. The third-order valence-electron chi connectivity index (χ3n) is 4.96. The average Bonchev–Trinajstić information content (AvgIpc) is 3.08. The standard InChI is InChI=1S/C24H28ClN3O3/c1-5-14-27(23(29)6-2)16-22-17(3)26-28(19-9-7-8-18(25)15-19)24(22)31-21-12-10-20(30-4)11-13-21/h7-13,15H,5-6,14,16H2,1-4H3. The van der Waals surface area contributed by atoms with Crippen LogP contribution in [0, 0.1) is 6.92 Å². The van der Waals surface area contributed by atoms with Crippen LogP contribution in [0.5, 0.6) is 17.4 Å². The Morgan fingerprint density at radius 2 is 1.84 bits per heavy atom. The van der Waals surface area contributed by atoms with Crippen LogP contribution >= 0.6 is 11.6 Å². The van der Waals surface area contributed by atoms with Gasteiger partial charge in [0.1, 0.15) is 11.5 Å². The van der Waals surface area contributed by atoms with E-state index in [1.165, 1.54) is 0 Å². The predicted octanol–water partition coefficient (Wildman–Crippen LogP) is 5.78. The van der Waals surface area contributed by atoms with Crippen LogP contribution in [0.1, 0.15) is 37.9 Å². The lowest BCUT2D eigenvalue weighted by Gasteiger charge is -2.22. The Morgan fingerprint density at radius 1 is 1.13 bits per heavy atom. The Labute approximate surface area is 188 Å². The summed E-state index contributed by atoms with van der Waals surface area (Å²) in [6.07, 6.45) is 1.33. The molecule has 1 aromatic heterocycles. The predicted molar refractivity (Wildman–Crippen MR) is 122 cm³/mol. The molecule has 0 N–H and O–H groups in total. The monoisotopic (exact) mass is 441 g/mol. The molecule has 164 valence electrons. The molecule has 3 rings (SSSR count). The summed E-state index contributed by atoms with van der Waals surface area (Å²) in [5.74, 6) is 2.06. The Balaban J connectivity index is 2.07. The second-order valence-electron chi connectivity index (χ2n) is 7.21. The fourth-order valence-electron chi connectivity index (χ4n) is 3.34. The van der Waals surface area contributed by atoms with E-state index in [0.717, 1.165) is 29.1 Å². The van der Waals surface area contributed by atoms with Gasteiger partial charge in [-0.25, -0.2) is 4.68 Å². The molecule has 0 fully saturated rings. The van der Waals surface area contributed by atoms with Crippen molar-refractivity contribution in [2.75, 3.05) is 13.7 Å². The van der Waals surface area contributed by atoms with E-state index < -0.39 is 0 Å². The quantitative estimate of drug-likeness (QED) is 0.422. The fraction of sp³-hybridized carbons (Fsp3) is 0.333. The Bertz CT molecular complexity index is 1030. The maximum atomic E-state index is 12.5.